The van der Waals surface area contributed by atoms with Crippen molar-refractivity contribution in [1.82, 2.24) is 5.43 Å². The lowest BCUT2D eigenvalue weighted by Gasteiger charge is -2.16. The van der Waals surface area contributed by atoms with Gasteiger partial charge in [0.05, 0.1) is 0 Å². The van der Waals surface area contributed by atoms with E-state index in [1.165, 1.54) is 64.2 Å². The molecule has 112 valence electrons. The number of nitrogens with two attached hydrogens (primary N) is 1. The first kappa shape index (κ1) is 15.0. The van der Waals surface area contributed by atoms with Crippen LogP contribution in [0, 0.1) is 11.8 Å². The van der Waals surface area contributed by atoms with Crippen LogP contribution >= 0.6 is 0 Å². The molecule has 0 amide bonds. The molecule has 0 saturated heterocycles. The average molecular weight is 277 g/mol. The highest BCUT2D eigenvalue weighted by atomic mass is 15.4. The van der Waals surface area contributed by atoms with E-state index in [-0.39, 0.29) is 5.96 Å². The highest BCUT2D eigenvalue weighted by Gasteiger charge is 2.11. The zero-order valence-corrected chi connectivity index (χ0v) is 12.3. The van der Waals surface area contributed by atoms with Crippen molar-refractivity contribution in [2.24, 2.45) is 32.9 Å². The second-order valence-electron chi connectivity index (χ2n) is 5.94. The maximum absolute atomic E-state index is 5.72. The van der Waals surface area contributed by atoms with E-state index in [2.05, 4.69) is 20.7 Å². The molecular formula is C15H27N5. The zero-order valence-electron chi connectivity index (χ0n) is 12.3. The van der Waals surface area contributed by atoms with E-state index < -0.39 is 0 Å². The van der Waals surface area contributed by atoms with Crippen molar-refractivity contribution >= 4 is 18.4 Å². The van der Waals surface area contributed by atoms with Crippen LogP contribution in [-0.4, -0.2) is 18.4 Å². The topological polar surface area (TPSA) is 75.1 Å². The van der Waals surface area contributed by atoms with Crippen LogP contribution in [0.4, 0.5) is 0 Å². The summed E-state index contributed by atoms with van der Waals surface area (Å²) >= 11 is 0. The molecule has 20 heavy (non-hydrogen) atoms. The fourth-order valence-corrected chi connectivity index (χ4v) is 2.99. The molecule has 2 rings (SSSR count). The van der Waals surface area contributed by atoms with E-state index in [9.17, 15) is 0 Å². The van der Waals surface area contributed by atoms with Crippen molar-refractivity contribution < 1.29 is 0 Å². The van der Waals surface area contributed by atoms with Crippen LogP contribution in [0.15, 0.2) is 15.3 Å². The standard InChI is InChI=1S/C15H27N5/c16-15(19-17-11-13-7-3-1-4-8-13)20-18-12-14-9-5-2-6-10-14/h11-14H,1-10H2,(H3,16,19,20). The van der Waals surface area contributed by atoms with Crippen LogP contribution in [0.5, 0.6) is 0 Å². The number of hydrogen-bond donors (Lipinski definition) is 2. The van der Waals surface area contributed by atoms with Crippen molar-refractivity contribution in [3.63, 3.8) is 0 Å². The van der Waals surface area contributed by atoms with Gasteiger partial charge in [-0.1, -0.05) is 38.5 Å². The Hall–Kier alpha value is -1.39. The molecule has 2 fully saturated rings. The van der Waals surface area contributed by atoms with Gasteiger partial charge in [0.15, 0.2) is 0 Å². The monoisotopic (exact) mass is 277 g/mol. The molecule has 0 unspecified atom stereocenters. The summed E-state index contributed by atoms with van der Waals surface area (Å²) in [6.07, 6.45) is 16.8. The lowest BCUT2D eigenvalue weighted by atomic mass is 9.90. The van der Waals surface area contributed by atoms with Gasteiger partial charge in [-0.25, -0.2) is 5.43 Å². The third-order valence-corrected chi connectivity index (χ3v) is 4.21. The molecule has 0 radical (unpaired) electrons. The second-order valence-corrected chi connectivity index (χ2v) is 5.94. The van der Waals surface area contributed by atoms with E-state index in [0.29, 0.717) is 11.8 Å². The summed E-state index contributed by atoms with van der Waals surface area (Å²) in [6.45, 7) is 0. The van der Waals surface area contributed by atoms with E-state index in [0.717, 1.165) is 0 Å². The predicted molar refractivity (Wildman–Crippen MR) is 84.9 cm³/mol. The van der Waals surface area contributed by atoms with Crippen molar-refractivity contribution in [3.8, 4) is 0 Å². The van der Waals surface area contributed by atoms with Gasteiger partial charge in [-0.05, 0) is 37.5 Å². The summed E-state index contributed by atoms with van der Waals surface area (Å²) in [7, 11) is 0. The van der Waals surface area contributed by atoms with Crippen LogP contribution in [0.25, 0.3) is 0 Å². The molecule has 0 aromatic heterocycles. The van der Waals surface area contributed by atoms with Crippen LogP contribution in [0.1, 0.15) is 64.2 Å². The number of nitrogens with one attached hydrogen (secondary N) is 1. The zero-order chi connectivity index (χ0) is 14.0. The van der Waals surface area contributed by atoms with E-state index in [1.54, 1.807) is 0 Å². The van der Waals surface area contributed by atoms with Gasteiger partial charge in [-0.2, -0.15) is 10.2 Å². The Morgan fingerprint density at radius 1 is 0.850 bits per heavy atom. The smallest absolute Gasteiger partial charge is 0.234 e. The first-order valence-corrected chi connectivity index (χ1v) is 8.00. The van der Waals surface area contributed by atoms with E-state index in [1.807, 2.05) is 12.4 Å². The summed E-state index contributed by atoms with van der Waals surface area (Å²) in [5.74, 6) is 1.44. The molecule has 0 aromatic rings. The SMILES string of the molecule is N/C(=N\N=CC1CCCCC1)NN=CC1CCCCC1. The van der Waals surface area contributed by atoms with E-state index in [4.69, 9.17) is 5.73 Å². The molecule has 0 aromatic carbocycles. The van der Waals surface area contributed by atoms with Gasteiger partial charge in [0.25, 0.3) is 0 Å². The first-order chi connectivity index (χ1) is 9.84. The highest BCUT2D eigenvalue weighted by Crippen LogP contribution is 2.22. The molecule has 0 heterocycles. The van der Waals surface area contributed by atoms with Gasteiger partial charge in [-0.3, -0.25) is 0 Å². The number of hydrazone groups is 1. The van der Waals surface area contributed by atoms with Gasteiger partial charge >= 0.3 is 0 Å². The Morgan fingerprint density at radius 2 is 1.40 bits per heavy atom. The first-order valence-electron chi connectivity index (χ1n) is 8.00. The van der Waals surface area contributed by atoms with Crippen LogP contribution in [0.3, 0.4) is 0 Å². The maximum Gasteiger partial charge on any atom is 0.234 e. The Labute approximate surface area is 121 Å². The molecule has 0 spiro atoms. The number of hydrogen-bond acceptors (Lipinski definition) is 3. The van der Waals surface area contributed by atoms with Gasteiger partial charge in [0.2, 0.25) is 5.96 Å². The average Bonchev–Trinajstić information content (AvgIpc) is 2.49. The van der Waals surface area contributed by atoms with Gasteiger partial charge in [-0.15, -0.1) is 5.10 Å². The summed E-state index contributed by atoms with van der Waals surface area (Å²) in [5.41, 5.74) is 8.47. The third-order valence-electron chi connectivity index (χ3n) is 4.21. The quantitative estimate of drug-likeness (QED) is 0.471. The third kappa shape index (κ3) is 5.72. The molecular weight excluding hydrogens is 250 g/mol. The van der Waals surface area contributed by atoms with Gasteiger partial charge < -0.3 is 5.73 Å². The van der Waals surface area contributed by atoms with Crippen molar-refractivity contribution in [2.45, 2.75) is 64.2 Å². The maximum atomic E-state index is 5.72. The normalized spacial score (nSPS) is 23.7. The summed E-state index contributed by atoms with van der Waals surface area (Å²) in [6, 6.07) is 0. The number of guanidine groups is 1. The Kier molecular flexibility index (Phi) is 6.54. The lowest BCUT2D eigenvalue weighted by Crippen LogP contribution is -2.27. The predicted octanol–water partition coefficient (Wildman–Crippen LogP) is 3.02. The van der Waals surface area contributed by atoms with Crippen LogP contribution in [0.2, 0.25) is 0 Å². The minimum atomic E-state index is 0.268. The fraction of sp³-hybridized carbons (Fsp3) is 0.800. The molecule has 0 aliphatic heterocycles. The molecule has 5 nitrogen and oxygen atoms in total. The Morgan fingerprint density at radius 3 is 2.00 bits per heavy atom. The molecule has 2 saturated carbocycles. The Bertz CT molecular complexity index is 349. The minimum absolute atomic E-state index is 0.268. The number of rotatable bonds is 4. The van der Waals surface area contributed by atoms with Crippen molar-refractivity contribution in [2.75, 3.05) is 0 Å². The largest absolute Gasteiger partial charge is 0.367 e. The van der Waals surface area contributed by atoms with Gasteiger partial charge in [0.1, 0.15) is 0 Å². The highest BCUT2D eigenvalue weighted by molar-refractivity contribution is 5.79. The second kappa shape index (κ2) is 8.72. The molecule has 3 N–H and O–H groups in total. The molecule has 0 bridgehead atoms. The van der Waals surface area contributed by atoms with Crippen molar-refractivity contribution in [3.05, 3.63) is 0 Å². The summed E-state index contributed by atoms with van der Waals surface area (Å²) in [5, 5.41) is 12.2. The van der Waals surface area contributed by atoms with Gasteiger partial charge in [0, 0.05) is 12.4 Å². The Balaban J connectivity index is 1.67. The fourth-order valence-electron chi connectivity index (χ4n) is 2.99. The van der Waals surface area contributed by atoms with Crippen LogP contribution in [-0.2, 0) is 0 Å². The van der Waals surface area contributed by atoms with Crippen molar-refractivity contribution in [1.29, 1.82) is 0 Å². The number of nitrogens with zero attached hydrogens (tertiary/aromatic N) is 3. The molecule has 2 aliphatic carbocycles. The molecule has 5 heteroatoms. The lowest BCUT2D eigenvalue weighted by molar-refractivity contribution is 0.444. The van der Waals surface area contributed by atoms with E-state index >= 15 is 0 Å². The molecule has 2 aliphatic rings. The molecule has 0 atom stereocenters. The van der Waals surface area contributed by atoms with Crippen LogP contribution < -0.4 is 11.2 Å². The summed E-state index contributed by atoms with van der Waals surface area (Å²) < 4.78 is 0. The summed E-state index contributed by atoms with van der Waals surface area (Å²) in [4.78, 5) is 0. The minimum Gasteiger partial charge on any atom is -0.367 e.